The topological polar surface area (TPSA) is 110 Å². The predicted octanol–water partition coefficient (Wildman–Crippen LogP) is 4.02. The summed E-state index contributed by atoms with van der Waals surface area (Å²) in [5, 5.41) is 8.04. The number of amides is 1. The van der Waals surface area contributed by atoms with E-state index < -0.39 is 29.5 Å². The zero-order valence-corrected chi connectivity index (χ0v) is 18.6. The van der Waals surface area contributed by atoms with Gasteiger partial charge in [-0.3, -0.25) is 4.79 Å². The van der Waals surface area contributed by atoms with E-state index in [1.54, 1.807) is 24.3 Å². The first-order valence-electron chi connectivity index (χ1n) is 10.3. The number of thiazole rings is 1. The molecule has 2 atom stereocenters. The SMILES string of the molecule is CN(N)/N=C(\N)c1ccc(C(C(=O)Nc2nc3ccc(F)cc3s2)C2CCC(F)(F)C2)cc1. The van der Waals surface area contributed by atoms with Crippen LogP contribution in [0.5, 0.6) is 0 Å². The van der Waals surface area contributed by atoms with E-state index in [9.17, 15) is 18.0 Å². The Morgan fingerprint density at radius 3 is 2.67 bits per heavy atom. The number of hydrazone groups is 1. The number of benzene rings is 2. The van der Waals surface area contributed by atoms with Crippen molar-refractivity contribution in [3.05, 3.63) is 59.4 Å². The molecule has 0 bridgehead atoms. The van der Waals surface area contributed by atoms with E-state index >= 15 is 0 Å². The van der Waals surface area contributed by atoms with E-state index in [-0.39, 0.29) is 30.2 Å². The Morgan fingerprint density at radius 1 is 1.30 bits per heavy atom. The zero-order valence-electron chi connectivity index (χ0n) is 17.8. The van der Waals surface area contributed by atoms with E-state index in [1.165, 1.54) is 25.2 Å². The normalized spacial score (nSPS) is 18.9. The van der Waals surface area contributed by atoms with Crippen molar-refractivity contribution < 1.29 is 18.0 Å². The Hall–Kier alpha value is -3.18. The molecule has 4 rings (SSSR count). The highest BCUT2D eigenvalue weighted by Gasteiger charge is 2.45. The maximum absolute atomic E-state index is 14.0. The molecule has 1 aliphatic carbocycles. The number of aromatic nitrogens is 1. The predicted molar refractivity (Wildman–Crippen MR) is 122 cm³/mol. The number of nitrogens with zero attached hydrogens (tertiary/aromatic N) is 3. The molecule has 7 nitrogen and oxygen atoms in total. The number of amidine groups is 1. The van der Waals surface area contributed by atoms with Gasteiger partial charge in [0.1, 0.15) is 5.82 Å². The van der Waals surface area contributed by atoms with E-state index in [0.29, 0.717) is 21.3 Å². The fraction of sp³-hybridized carbons (Fsp3) is 0.318. The number of hydrazine groups is 1. The number of rotatable bonds is 6. The molecule has 33 heavy (non-hydrogen) atoms. The van der Waals surface area contributed by atoms with Crippen molar-refractivity contribution in [1.82, 2.24) is 10.1 Å². The molecular formula is C22H23F3N6OS. The maximum Gasteiger partial charge on any atom is 0.248 e. The van der Waals surface area contributed by atoms with Crippen molar-refractivity contribution in [2.24, 2.45) is 22.6 Å². The van der Waals surface area contributed by atoms with Gasteiger partial charge >= 0.3 is 0 Å². The summed E-state index contributed by atoms with van der Waals surface area (Å²) in [5.41, 5.74) is 7.62. The summed E-state index contributed by atoms with van der Waals surface area (Å²) in [6.45, 7) is 0. The first-order valence-corrected chi connectivity index (χ1v) is 11.1. The minimum Gasteiger partial charge on any atom is -0.382 e. The van der Waals surface area contributed by atoms with E-state index in [0.717, 1.165) is 16.5 Å². The van der Waals surface area contributed by atoms with Gasteiger partial charge in [0.2, 0.25) is 11.8 Å². The van der Waals surface area contributed by atoms with E-state index in [2.05, 4.69) is 15.4 Å². The molecule has 1 aliphatic rings. The lowest BCUT2D eigenvalue weighted by molar-refractivity contribution is -0.118. The summed E-state index contributed by atoms with van der Waals surface area (Å²) in [7, 11) is 1.53. The average Bonchev–Trinajstić information content (AvgIpc) is 3.29. The standard InChI is InChI=1S/C22H23F3N6OS/c1-31(27)30-19(26)13-4-2-12(3-5-13)18(14-8-9-22(24,25)11-14)20(32)29-21-28-16-7-6-15(23)10-17(16)33-21/h2-7,10,14,18H,8-9,11,27H2,1H3,(H2,26,30)(H,28,29,32). The Kier molecular flexibility index (Phi) is 6.26. The maximum atomic E-state index is 14.0. The van der Waals surface area contributed by atoms with Crippen LogP contribution in [-0.2, 0) is 4.79 Å². The van der Waals surface area contributed by atoms with Crippen LogP contribution in [0.3, 0.4) is 0 Å². The molecule has 2 aromatic carbocycles. The number of fused-ring (bicyclic) bond motifs is 1. The molecule has 2 unspecified atom stereocenters. The minimum absolute atomic E-state index is 0.182. The fourth-order valence-electron chi connectivity index (χ4n) is 4.13. The third-order valence-electron chi connectivity index (χ3n) is 5.61. The lowest BCUT2D eigenvalue weighted by Crippen LogP contribution is -2.28. The van der Waals surface area contributed by atoms with Crippen LogP contribution >= 0.6 is 11.3 Å². The lowest BCUT2D eigenvalue weighted by atomic mass is 9.83. The van der Waals surface area contributed by atoms with Crippen LogP contribution in [-0.4, -0.2) is 34.8 Å². The smallest absolute Gasteiger partial charge is 0.248 e. The molecule has 0 spiro atoms. The highest BCUT2D eigenvalue weighted by molar-refractivity contribution is 7.22. The van der Waals surface area contributed by atoms with Gasteiger partial charge in [0, 0.05) is 25.5 Å². The molecule has 0 radical (unpaired) electrons. The number of carbonyl (C=O) groups excluding carboxylic acids is 1. The van der Waals surface area contributed by atoms with Crippen LogP contribution in [0.1, 0.15) is 36.3 Å². The molecular weight excluding hydrogens is 453 g/mol. The average molecular weight is 477 g/mol. The first-order chi connectivity index (χ1) is 15.6. The molecule has 1 amide bonds. The van der Waals surface area contributed by atoms with Crippen LogP contribution in [0.15, 0.2) is 47.6 Å². The second kappa shape index (κ2) is 8.99. The summed E-state index contributed by atoms with van der Waals surface area (Å²) in [5.74, 6) is 0.661. The summed E-state index contributed by atoms with van der Waals surface area (Å²) >= 11 is 1.13. The van der Waals surface area contributed by atoms with Gasteiger partial charge in [-0.25, -0.2) is 29.1 Å². The molecule has 5 N–H and O–H groups in total. The fourth-order valence-corrected chi connectivity index (χ4v) is 5.02. The summed E-state index contributed by atoms with van der Waals surface area (Å²) in [6, 6.07) is 10.9. The third-order valence-corrected chi connectivity index (χ3v) is 6.54. The number of halogens is 3. The molecule has 0 saturated heterocycles. The summed E-state index contributed by atoms with van der Waals surface area (Å²) < 4.78 is 42.1. The number of nitrogens with two attached hydrogens (primary N) is 2. The van der Waals surface area contributed by atoms with Gasteiger partial charge in [-0.15, -0.1) is 5.10 Å². The van der Waals surface area contributed by atoms with Gasteiger partial charge in [-0.2, -0.15) is 0 Å². The van der Waals surface area contributed by atoms with Gasteiger partial charge in [0.25, 0.3) is 0 Å². The van der Waals surface area contributed by atoms with Crippen molar-refractivity contribution in [1.29, 1.82) is 0 Å². The number of anilines is 1. The second-order valence-corrected chi connectivity index (χ2v) is 9.17. The molecule has 1 fully saturated rings. The lowest BCUT2D eigenvalue weighted by Gasteiger charge is -2.23. The summed E-state index contributed by atoms with van der Waals surface area (Å²) in [6.07, 6.45) is -0.415. The van der Waals surface area contributed by atoms with Gasteiger partial charge in [0.15, 0.2) is 11.0 Å². The highest BCUT2D eigenvalue weighted by atomic mass is 32.1. The summed E-state index contributed by atoms with van der Waals surface area (Å²) in [4.78, 5) is 17.6. The number of carbonyl (C=O) groups is 1. The number of hydrogen-bond donors (Lipinski definition) is 3. The van der Waals surface area contributed by atoms with Crippen LogP contribution in [0.4, 0.5) is 18.3 Å². The monoisotopic (exact) mass is 476 g/mol. The van der Waals surface area contributed by atoms with Crippen LogP contribution in [0.2, 0.25) is 0 Å². The van der Waals surface area contributed by atoms with Crippen LogP contribution in [0, 0.1) is 11.7 Å². The quantitative estimate of drug-likeness (QED) is 0.215. The number of hydrogen-bond acceptors (Lipinski definition) is 6. The molecule has 0 aliphatic heterocycles. The first kappa shape index (κ1) is 23.0. The Bertz CT molecular complexity index is 1190. The highest BCUT2D eigenvalue weighted by Crippen LogP contribution is 2.46. The Labute approximate surface area is 192 Å². The molecule has 174 valence electrons. The minimum atomic E-state index is -2.81. The van der Waals surface area contributed by atoms with E-state index in [1.807, 2.05) is 0 Å². The second-order valence-electron chi connectivity index (χ2n) is 8.14. The molecule has 1 saturated carbocycles. The van der Waals surface area contributed by atoms with Gasteiger partial charge in [-0.05, 0) is 36.1 Å². The van der Waals surface area contributed by atoms with Crippen LogP contribution < -0.4 is 16.9 Å². The van der Waals surface area contributed by atoms with Crippen molar-refractivity contribution >= 4 is 38.4 Å². The molecule has 11 heteroatoms. The largest absolute Gasteiger partial charge is 0.382 e. The number of nitrogens with one attached hydrogen (secondary N) is 1. The van der Waals surface area contributed by atoms with Crippen molar-refractivity contribution in [2.45, 2.75) is 31.1 Å². The Morgan fingerprint density at radius 2 is 2.03 bits per heavy atom. The molecule has 1 aromatic heterocycles. The van der Waals surface area contributed by atoms with Crippen molar-refractivity contribution in [3.8, 4) is 0 Å². The number of alkyl halides is 2. The van der Waals surface area contributed by atoms with E-state index in [4.69, 9.17) is 11.6 Å². The van der Waals surface area contributed by atoms with Gasteiger partial charge in [0.05, 0.1) is 16.1 Å². The Balaban J connectivity index is 1.62. The molecule has 3 aromatic rings. The zero-order chi connectivity index (χ0) is 23.8. The van der Waals surface area contributed by atoms with Crippen molar-refractivity contribution in [2.75, 3.05) is 12.4 Å². The van der Waals surface area contributed by atoms with Gasteiger partial charge < -0.3 is 11.1 Å². The van der Waals surface area contributed by atoms with Gasteiger partial charge in [-0.1, -0.05) is 35.6 Å². The van der Waals surface area contributed by atoms with Crippen LogP contribution in [0.25, 0.3) is 10.2 Å². The van der Waals surface area contributed by atoms with Crippen molar-refractivity contribution in [3.63, 3.8) is 0 Å². The molecule has 1 heterocycles. The third kappa shape index (κ3) is 5.25.